The summed E-state index contributed by atoms with van der Waals surface area (Å²) in [6.07, 6.45) is 1.47. The summed E-state index contributed by atoms with van der Waals surface area (Å²) in [5, 5.41) is 13.2. The Morgan fingerprint density at radius 1 is 1.37 bits per heavy atom. The highest BCUT2D eigenvalue weighted by Gasteiger charge is 2.23. The summed E-state index contributed by atoms with van der Waals surface area (Å²) in [5.74, 6) is -0.290. The van der Waals surface area contributed by atoms with Gasteiger partial charge in [0.2, 0.25) is 0 Å². The molecule has 0 aliphatic heterocycles. The lowest BCUT2D eigenvalue weighted by Crippen LogP contribution is -2.34. The van der Waals surface area contributed by atoms with Crippen molar-refractivity contribution in [3.63, 3.8) is 0 Å². The first-order chi connectivity index (χ1) is 8.91. The highest BCUT2D eigenvalue weighted by Crippen LogP contribution is 2.33. The molecule has 2 rings (SSSR count). The maximum absolute atomic E-state index is 11.3. The molecule has 2 N–H and O–H groups in total. The lowest BCUT2D eigenvalue weighted by atomic mass is 10.0. The van der Waals surface area contributed by atoms with Crippen LogP contribution in [0.2, 0.25) is 0 Å². The van der Waals surface area contributed by atoms with Gasteiger partial charge < -0.3 is 10.4 Å². The van der Waals surface area contributed by atoms with Crippen LogP contribution in [-0.2, 0) is 4.79 Å². The van der Waals surface area contributed by atoms with E-state index < -0.39 is 12.0 Å². The zero-order valence-electron chi connectivity index (χ0n) is 11.4. The predicted octanol–water partition coefficient (Wildman–Crippen LogP) is 2.83. The fourth-order valence-electron chi connectivity index (χ4n) is 1.95. The van der Waals surface area contributed by atoms with Gasteiger partial charge in [-0.15, -0.1) is 11.3 Å². The summed E-state index contributed by atoms with van der Waals surface area (Å²) in [7, 11) is 0. The van der Waals surface area contributed by atoms with Crippen LogP contribution in [0.1, 0.15) is 24.3 Å². The van der Waals surface area contributed by atoms with Crippen LogP contribution in [0.3, 0.4) is 0 Å². The van der Waals surface area contributed by atoms with E-state index in [1.54, 1.807) is 11.3 Å². The molecule has 0 aliphatic rings. The van der Waals surface area contributed by atoms with Gasteiger partial charge in [-0.1, -0.05) is 13.8 Å². The fraction of sp³-hybridized carbons (Fsp3) is 0.462. The van der Waals surface area contributed by atoms with Gasteiger partial charge >= 0.3 is 5.97 Å². The minimum Gasteiger partial charge on any atom is -0.480 e. The highest BCUT2D eigenvalue weighted by molar-refractivity contribution is 7.18. The van der Waals surface area contributed by atoms with Crippen LogP contribution >= 0.6 is 11.3 Å². The molecule has 0 saturated heterocycles. The molecule has 5 nitrogen and oxygen atoms in total. The Kier molecular flexibility index (Phi) is 3.71. The quantitative estimate of drug-likeness (QED) is 0.900. The Morgan fingerprint density at radius 3 is 2.63 bits per heavy atom. The van der Waals surface area contributed by atoms with Crippen molar-refractivity contribution in [1.29, 1.82) is 0 Å². The van der Waals surface area contributed by atoms with Crippen molar-refractivity contribution in [1.82, 2.24) is 9.97 Å². The molecule has 6 heteroatoms. The van der Waals surface area contributed by atoms with Gasteiger partial charge in [-0.25, -0.2) is 14.8 Å². The second kappa shape index (κ2) is 5.13. The number of rotatable bonds is 4. The number of aliphatic carboxylic acids is 1. The number of anilines is 1. The smallest absolute Gasteiger partial charge is 0.326 e. The molecule has 0 aromatic carbocycles. The number of fused-ring (bicyclic) bond motifs is 1. The Balaban J connectivity index is 2.48. The van der Waals surface area contributed by atoms with Crippen molar-refractivity contribution in [3.8, 4) is 0 Å². The molecule has 0 saturated carbocycles. The van der Waals surface area contributed by atoms with E-state index in [2.05, 4.69) is 15.3 Å². The molecule has 0 radical (unpaired) electrons. The first-order valence-corrected chi connectivity index (χ1v) is 6.93. The third-order valence-electron chi connectivity index (χ3n) is 3.19. The third kappa shape index (κ3) is 2.53. The Hall–Kier alpha value is -1.69. The van der Waals surface area contributed by atoms with Crippen LogP contribution in [0.5, 0.6) is 0 Å². The van der Waals surface area contributed by atoms with Crippen molar-refractivity contribution < 1.29 is 9.90 Å². The van der Waals surface area contributed by atoms with E-state index in [-0.39, 0.29) is 5.92 Å². The molecule has 0 aliphatic carbocycles. The topological polar surface area (TPSA) is 75.1 Å². The van der Waals surface area contributed by atoms with Crippen molar-refractivity contribution in [2.45, 2.75) is 33.7 Å². The largest absolute Gasteiger partial charge is 0.480 e. The van der Waals surface area contributed by atoms with Crippen LogP contribution in [0, 0.1) is 19.8 Å². The van der Waals surface area contributed by atoms with Crippen molar-refractivity contribution in [2.75, 3.05) is 5.32 Å². The first kappa shape index (κ1) is 13.7. The second-order valence-corrected chi connectivity index (χ2v) is 6.09. The average molecular weight is 279 g/mol. The highest BCUT2D eigenvalue weighted by atomic mass is 32.1. The van der Waals surface area contributed by atoms with E-state index >= 15 is 0 Å². The number of carboxylic acids is 1. The van der Waals surface area contributed by atoms with Crippen molar-refractivity contribution in [2.24, 2.45) is 5.92 Å². The summed E-state index contributed by atoms with van der Waals surface area (Å²) in [4.78, 5) is 21.8. The van der Waals surface area contributed by atoms with Gasteiger partial charge in [0.25, 0.3) is 0 Å². The van der Waals surface area contributed by atoms with Crippen LogP contribution in [-0.4, -0.2) is 27.1 Å². The van der Waals surface area contributed by atoms with E-state index in [1.807, 2.05) is 27.7 Å². The Labute approximate surface area is 115 Å². The predicted molar refractivity (Wildman–Crippen MR) is 76.8 cm³/mol. The van der Waals surface area contributed by atoms with Gasteiger partial charge in [-0.2, -0.15) is 0 Å². The van der Waals surface area contributed by atoms with E-state index in [0.717, 1.165) is 15.8 Å². The molecular formula is C13H17N3O2S. The van der Waals surface area contributed by atoms with E-state index in [9.17, 15) is 9.90 Å². The summed E-state index contributed by atoms with van der Waals surface area (Å²) < 4.78 is 0. The monoisotopic (exact) mass is 279 g/mol. The van der Waals surface area contributed by atoms with Crippen LogP contribution < -0.4 is 5.32 Å². The minimum absolute atomic E-state index is 0.0254. The molecule has 0 amide bonds. The number of carbonyl (C=O) groups is 1. The van der Waals surface area contributed by atoms with E-state index in [4.69, 9.17) is 0 Å². The number of aryl methyl sites for hydroxylation is 2. The molecule has 2 aromatic heterocycles. The number of thiophene rings is 1. The van der Waals surface area contributed by atoms with Gasteiger partial charge in [0.15, 0.2) is 0 Å². The Morgan fingerprint density at radius 2 is 2.05 bits per heavy atom. The minimum atomic E-state index is -0.869. The van der Waals surface area contributed by atoms with Gasteiger partial charge in [0, 0.05) is 4.88 Å². The molecule has 2 aromatic rings. The average Bonchev–Trinajstić information content (AvgIpc) is 2.62. The number of aromatic nitrogens is 2. The molecule has 1 atom stereocenters. The molecule has 2 heterocycles. The van der Waals surface area contributed by atoms with E-state index in [1.165, 1.54) is 11.2 Å². The summed E-state index contributed by atoms with van der Waals surface area (Å²) in [5.41, 5.74) is 1.11. The number of nitrogens with one attached hydrogen (secondary N) is 1. The number of hydrogen-bond donors (Lipinski definition) is 2. The van der Waals surface area contributed by atoms with Gasteiger partial charge in [0.1, 0.15) is 23.0 Å². The standard InChI is InChI=1S/C13H17N3O2S/c1-6(2)10(13(17)18)16-11-9-7(3)8(4)19-12(9)15-5-14-11/h5-6,10H,1-4H3,(H,17,18)(H,14,15,16). The number of nitrogens with zero attached hydrogens (tertiary/aromatic N) is 2. The zero-order chi connectivity index (χ0) is 14.2. The van der Waals surface area contributed by atoms with Crippen LogP contribution in [0.15, 0.2) is 6.33 Å². The van der Waals surface area contributed by atoms with E-state index in [0.29, 0.717) is 5.82 Å². The van der Waals surface area contributed by atoms with Gasteiger partial charge in [-0.05, 0) is 25.3 Å². The Bertz CT molecular complexity index is 622. The zero-order valence-corrected chi connectivity index (χ0v) is 12.2. The molecule has 0 fully saturated rings. The van der Waals surface area contributed by atoms with Gasteiger partial charge in [-0.3, -0.25) is 0 Å². The normalized spacial score (nSPS) is 12.9. The van der Waals surface area contributed by atoms with Crippen molar-refractivity contribution >= 4 is 33.3 Å². The molecule has 1 unspecified atom stereocenters. The molecular weight excluding hydrogens is 262 g/mol. The lowest BCUT2D eigenvalue weighted by Gasteiger charge is -2.19. The van der Waals surface area contributed by atoms with Crippen LogP contribution in [0.25, 0.3) is 10.2 Å². The molecule has 0 bridgehead atoms. The second-order valence-electron chi connectivity index (χ2n) is 4.89. The SMILES string of the molecule is Cc1sc2ncnc(NC(C(=O)O)C(C)C)c2c1C. The fourth-order valence-corrected chi connectivity index (χ4v) is 2.95. The third-order valence-corrected chi connectivity index (χ3v) is 4.31. The lowest BCUT2D eigenvalue weighted by molar-refractivity contribution is -0.138. The maximum Gasteiger partial charge on any atom is 0.326 e. The number of carboxylic acid groups (broad SMARTS) is 1. The molecule has 0 spiro atoms. The first-order valence-electron chi connectivity index (χ1n) is 6.11. The summed E-state index contributed by atoms with van der Waals surface area (Å²) in [6, 6.07) is -0.655. The maximum atomic E-state index is 11.3. The molecule has 102 valence electrons. The summed E-state index contributed by atoms with van der Waals surface area (Å²) in [6.45, 7) is 7.78. The number of hydrogen-bond acceptors (Lipinski definition) is 5. The summed E-state index contributed by atoms with van der Waals surface area (Å²) >= 11 is 1.60. The molecule has 19 heavy (non-hydrogen) atoms. The van der Waals surface area contributed by atoms with Crippen molar-refractivity contribution in [3.05, 3.63) is 16.8 Å². The van der Waals surface area contributed by atoms with Gasteiger partial charge in [0.05, 0.1) is 5.39 Å². The van der Waals surface area contributed by atoms with Crippen LogP contribution in [0.4, 0.5) is 5.82 Å².